The first-order chi connectivity index (χ1) is 18.2. The van der Waals surface area contributed by atoms with Crippen molar-refractivity contribution in [3.8, 4) is 5.75 Å². The van der Waals surface area contributed by atoms with Crippen molar-refractivity contribution < 1.29 is 24.9 Å². The van der Waals surface area contributed by atoms with Gasteiger partial charge in [0.2, 0.25) is 11.8 Å². The van der Waals surface area contributed by atoms with E-state index in [4.69, 9.17) is 0 Å². The third-order valence-electron chi connectivity index (χ3n) is 8.40. The molecule has 2 aliphatic rings. The molecule has 0 bridgehead atoms. The van der Waals surface area contributed by atoms with Crippen LogP contribution in [-0.2, 0) is 9.59 Å². The number of aliphatic hydroxyl groups excluding tert-OH is 2. The van der Waals surface area contributed by atoms with Crippen LogP contribution in [0.3, 0.4) is 0 Å². The summed E-state index contributed by atoms with van der Waals surface area (Å²) in [7, 11) is 0. The summed E-state index contributed by atoms with van der Waals surface area (Å²) in [4.78, 5) is 27.7. The average Bonchev–Trinajstić information content (AvgIpc) is 3.15. The van der Waals surface area contributed by atoms with Crippen LogP contribution in [0.2, 0.25) is 0 Å². The third-order valence-corrected chi connectivity index (χ3v) is 8.40. The molecule has 0 spiro atoms. The van der Waals surface area contributed by atoms with E-state index in [1.807, 2.05) is 37.3 Å². The Labute approximate surface area is 225 Å². The highest BCUT2D eigenvalue weighted by Gasteiger charge is 2.54. The van der Waals surface area contributed by atoms with Gasteiger partial charge in [0.05, 0.1) is 24.5 Å². The molecule has 6 nitrogen and oxygen atoms in total. The monoisotopic (exact) mass is 519 g/mol. The number of carbonyl (C=O) groups excluding carboxylic acids is 2. The van der Waals surface area contributed by atoms with Gasteiger partial charge < -0.3 is 15.3 Å². The van der Waals surface area contributed by atoms with Crippen LogP contribution < -0.4 is 0 Å². The van der Waals surface area contributed by atoms with Crippen molar-refractivity contribution in [3.05, 3.63) is 58.7 Å². The predicted molar refractivity (Wildman–Crippen MR) is 150 cm³/mol. The molecule has 2 amide bonds. The Morgan fingerprint density at radius 3 is 2.42 bits per heavy atom. The molecule has 4 rings (SSSR count). The molecule has 2 aromatic rings. The Kier molecular flexibility index (Phi) is 8.74. The van der Waals surface area contributed by atoms with Crippen LogP contribution in [0.5, 0.6) is 5.75 Å². The number of hydrogen-bond donors (Lipinski definition) is 3. The average molecular weight is 520 g/mol. The minimum Gasteiger partial charge on any atom is -0.507 e. The van der Waals surface area contributed by atoms with Gasteiger partial charge in [-0.25, -0.2) is 0 Å². The molecule has 204 valence electrons. The smallest absolute Gasteiger partial charge is 0.233 e. The van der Waals surface area contributed by atoms with Crippen LogP contribution >= 0.6 is 0 Å². The number of amides is 2. The fourth-order valence-electron chi connectivity index (χ4n) is 6.43. The first-order valence-electron chi connectivity index (χ1n) is 14.0. The van der Waals surface area contributed by atoms with E-state index in [9.17, 15) is 24.9 Å². The number of aromatic hydroxyl groups is 1. The summed E-state index contributed by atoms with van der Waals surface area (Å²) in [5, 5.41) is 34.0. The zero-order valence-corrected chi connectivity index (χ0v) is 23.0. The molecule has 1 fully saturated rings. The minimum absolute atomic E-state index is 0.0994. The summed E-state index contributed by atoms with van der Waals surface area (Å²) < 4.78 is 0. The molecule has 38 heavy (non-hydrogen) atoms. The van der Waals surface area contributed by atoms with Crippen LogP contribution in [-0.4, -0.2) is 51.3 Å². The summed E-state index contributed by atoms with van der Waals surface area (Å²) in [6.45, 7) is 8.27. The number of phenols is 1. The molecule has 1 aliphatic carbocycles. The van der Waals surface area contributed by atoms with Crippen molar-refractivity contribution in [1.82, 2.24) is 4.90 Å². The summed E-state index contributed by atoms with van der Waals surface area (Å²) >= 11 is 0. The number of carbonyl (C=O) groups is 2. The van der Waals surface area contributed by atoms with E-state index in [2.05, 4.69) is 26.8 Å². The quantitative estimate of drug-likeness (QED) is 0.286. The van der Waals surface area contributed by atoms with Crippen LogP contribution in [0, 0.1) is 23.7 Å². The van der Waals surface area contributed by atoms with Crippen LogP contribution in [0.25, 0.3) is 16.8 Å². The second kappa shape index (κ2) is 11.8. The minimum atomic E-state index is -0.805. The van der Waals surface area contributed by atoms with Gasteiger partial charge in [-0.2, -0.15) is 0 Å². The van der Waals surface area contributed by atoms with E-state index in [0.717, 1.165) is 33.9 Å². The van der Waals surface area contributed by atoms with Crippen molar-refractivity contribution in [3.63, 3.8) is 0 Å². The van der Waals surface area contributed by atoms with Crippen LogP contribution in [0.4, 0.5) is 0 Å². The second-order valence-corrected chi connectivity index (χ2v) is 11.0. The number of aliphatic hydroxyl groups is 2. The molecule has 4 atom stereocenters. The Balaban J connectivity index is 1.61. The lowest BCUT2D eigenvalue weighted by molar-refractivity contribution is -0.140. The summed E-state index contributed by atoms with van der Waals surface area (Å²) in [6, 6.07) is 11.4. The number of fused-ring (bicyclic) bond motifs is 2. The maximum Gasteiger partial charge on any atom is 0.233 e. The number of nitrogens with zero attached hydrogens (tertiary/aromatic N) is 1. The molecule has 1 saturated heterocycles. The molecule has 1 aliphatic heterocycles. The van der Waals surface area contributed by atoms with Crippen LogP contribution in [0.1, 0.15) is 65.4 Å². The Bertz CT molecular complexity index is 1260. The Morgan fingerprint density at radius 1 is 1.08 bits per heavy atom. The predicted octanol–water partition coefficient (Wildman–Crippen LogP) is 5.46. The van der Waals surface area contributed by atoms with E-state index in [-0.39, 0.29) is 30.1 Å². The molecule has 0 aromatic heterocycles. The molecular weight excluding hydrogens is 478 g/mol. The van der Waals surface area contributed by atoms with Crippen molar-refractivity contribution >= 4 is 28.7 Å². The van der Waals surface area contributed by atoms with Crippen molar-refractivity contribution in [2.75, 3.05) is 13.2 Å². The topological polar surface area (TPSA) is 98.1 Å². The molecule has 1 heterocycles. The Morgan fingerprint density at radius 2 is 1.79 bits per heavy atom. The molecule has 6 heteroatoms. The summed E-state index contributed by atoms with van der Waals surface area (Å²) in [5.41, 5.74) is 3.95. The normalized spacial score (nSPS) is 23.1. The number of rotatable bonds is 10. The molecule has 0 unspecified atom stereocenters. The zero-order valence-electron chi connectivity index (χ0n) is 23.0. The first-order valence-corrected chi connectivity index (χ1v) is 14.0. The molecular formula is C32H41NO5. The lowest BCUT2D eigenvalue weighted by Crippen LogP contribution is -2.40. The summed E-state index contributed by atoms with van der Waals surface area (Å²) in [6.07, 6.45) is 4.42. The number of imide groups is 1. The zero-order chi connectivity index (χ0) is 27.6. The second-order valence-electron chi connectivity index (χ2n) is 11.0. The highest BCUT2D eigenvalue weighted by atomic mass is 16.3. The van der Waals surface area contributed by atoms with Gasteiger partial charge in [-0.15, -0.1) is 0 Å². The molecule has 0 saturated carbocycles. The van der Waals surface area contributed by atoms with Gasteiger partial charge >= 0.3 is 0 Å². The van der Waals surface area contributed by atoms with Crippen molar-refractivity contribution in [2.45, 2.75) is 65.9 Å². The standard InChI is InChI=1S/C32H41NO5/c1-5-15-33-31(37)25-17-24(19(3)4)29(26(18-34)30(25)32(33)38)28(36)13-11-20(6-2)16-21-12-14-27(35)23-10-8-7-9-22(21)23/h7-10,12,14,16,19,25-26,28,30,34-36H,5-6,11,13,15,17-18H2,1-4H3/b20-16+/t25-,26+,28-,30-/m1/s1. The number of hydrogen-bond acceptors (Lipinski definition) is 5. The number of phenolic OH excluding ortho intramolecular Hbond substituents is 1. The van der Waals surface area contributed by atoms with Gasteiger partial charge in [0, 0.05) is 17.8 Å². The number of allylic oxidation sites excluding steroid dienone is 2. The lowest BCUT2D eigenvalue weighted by Gasteiger charge is -2.38. The van der Waals surface area contributed by atoms with Crippen molar-refractivity contribution in [2.24, 2.45) is 23.7 Å². The molecule has 3 N–H and O–H groups in total. The lowest BCUT2D eigenvalue weighted by atomic mass is 9.66. The van der Waals surface area contributed by atoms with Gasteiger partial charge in [0.1, 0.15) is 5.75 Å². The SMILES string of the molecule is CCCN1C(=O)[C@@H]2[C@@H](CC(C(C)C)=C([C@H](O)CC/C(=C/c3ccc(O)c4ccccc34)CC)[C@@H]2CO)C1=O. The van der Waals surface area contributed by atoms with Crippen LogP contribution in [0.15, 0.2) is 53.1 Å². The summed E-state index contributed by atoms with van der Waals surface area (Å²) in [5.74, 6) is -1.59. The Hall–Kier alpha value is -2.96. The fourth-order valence-corrected chi connectivity index (χ4v) is 6.43. The number of likely N-dealkylation sites (tertiary alicyclic amines) is 1. The number of benzene rings is 2. The van der Waals surface area contributed by atoms with E-state index >= 15 is 0 Å². The molecule has 0 radical (unpaired) electrons. The maximum atomic E-state index is 13.3. The van der Waals surface area contributed by atoms with Gasteiger partial charge in [0.15, 0.2) is 0 Å². The maximum absolute atomic E-state index is 13.3. The fraction of sp³-hybridized carbons (Fsp3) is 0.500. The van der Waals surface area contributed by atoms with E-state index < -0.39 is 23.9 Å². The first kappa shape index (κ1) is 28.1. The van der Waals surface area contributed by atoms with Gasteiger partial charge in [-0.05, 0) is 60.6 Å². The highest BCUT2D eigenvalue weighted by Crippen LogP contribution is 2.48. The van der Waals surface area contributed by atoms with Crippen molar-refractivity contribution in [1.29, 1.82) is 0 Å². The van der Waals surface area contributed by atoms with Gasteiger partial charge in [-0.3, -0.25) is 14.5 Å². The van der Waals surface area contributed by atoms with E-state index in [1.165, 1.54) is 10.5 Å². The van der Waals surface area contributed by atoms with Gasteiger partial charge in [-0.1, -0.05) is 75.2 Å². The highest BCUT2D eigenvalue weighted by molar-refractivity contribution is 6.06. The van der Waals surface area contributed by atoms with E-state index in [0.29, 0.717) is 32.2 Å². The molecule has 2 aromatic carbocycles. The van der Waals surface area contributed by atoms with E-state index in [1.54, 1.807) is 6.07 Å². The third kappa shape index (κ3) is 5.16. The van der Waals surface area contributed by atoms with Gasteiger partial charge in [0.25, 0.3) is 0 Å². The largest absolute Gasteiger partial charge is 0.507 e.